The van der Waals surface area contributed by atoms with Crippen molar-refractivity contribution in [2.75, 3.05) is 18.0 Å². The molecule has 1 aliphatic carbocycles. The predicted molar refractivity (Wildman–Crippen MR) is 107 cm³/mol. The van der Waals surface area contributed by atoms with Gasteiger partial charge in [-0.1, -0.05) is 0 Å². The molecule has 0 bridgehead atoms. The number of halogens is 1. The Labute approximate surface area is 167 Å². The lowest BCUT2D eigenvalue weighted by molar-refractivity contribution is 0.0952. The molecule has 1 saturated carbocycles. The number of nitrogens with zero attached hydrogens (tertiary/aromatic N) is 5. The van der Waals surface area contributed by atoms with Gasteiger partial charge in [0.05, 0.1) is 6.20 Å². The number of hydrogen-bond donors (Lipinski definition) is 1. The van der Waals surface area contributed by atoms with Crippen molar-refractivity contribution >= 4 is 17.4 Å². The van der Waals surface area contributed by atoms with Crippen LogP contribution in [0.1, 0.15) is 36.0 Å². The molecule has 0 radical (unpaired) electrons. The fourth-order valence-corrected chi connectivity index (χ4v) is 3.19. The normalized spacial score (nSPS) is 15.9. The molecule has 0 atom stereocenters. The second kappa shape index (κ2) is 8.02. The van der Waals surface area contributed by atoms with Crippen LogP contribution in [0.4, 0.5) is 10.2 Å². The predicted octanol–water partition coefficient (Wildman–Crippen LogP) is 1.75. The zero-order chi connectivity index (χ0) is 20.4. The minimum Gasteiger partial charge on any atom is -0.357 e. The van der Waals surface area contributed by atoms with Crippen LogP contribution in [0.5, 0.6) is 0 Å². The maximum atomic E-state index is 12.2. The van der Waals surface area contributed by atoms with Gasteiger partial charge in [0.2, 0.25) is 5.56 Å². The molecular formula is C20H23FN6O2. The number of carbonyl (C=O) groups excluding carboxylic acids is 1. The summed E-state index contributed by atoms with van der Waals surface area (Å²) in [7, 11) is 1.51. The smallest absolute Gasteiger partial charge is 0.256 e. The van der Waals surface area contributed by atoms with Gasteiger partial charge in [0.15, 0.2) is 5.65 Å². The number of rotatable bonds is 3. The molecule has 2 fully saturated rings. The van der Waals surface area contributed by atoms with E-state index < -0.39 is 5.82 Å². The van der Waals surface area contributed by atoms with Gasteiger partial charge in [0.1, 0.15) is 17.2 Å². The Balaban J connectivity index is 0.000000192. The first-order valence-corrected chi connectivity index (χ1v) is 9.73. The van der Waals surface area contributed by atoms with Gasteiger partial charge in [0.25, 0.3) is 5.91 Å². The summed E-state index contributed by atoms with van der Waals surface area (Å²) < 4.78 is 15.0. The largest absolute Gasteiger partial charge is 0.357 e. The molecule has 0 aromatic carbocycles. The van der Waals surface area contributed by atoms with Crippen LogP contribution in [0.15, 0.2) is 41.6 Å². The van der Waals surface area contributed by atoms with E-state index in [1.54, 1.807) is 10.7 Å². The zero-order valence-corrected chi connectivity index (χ0v) is 16.2. The van der Waals surface area contributed by atoms with Crippen molar-refractivity contribution in [2.45, 2.75) is 31.7 Å². The van der Waals surface area contributed by atoms with E-state index in [0.717, 1.165) is 44.0 Å². The Morgan fingerprint density at radius 3 is 2.62 bits per heavy atom. The second-order valence-corrected chi connectivity index (χ2v) is 7.35. The fraction of sp³-hybridized carbons (Fsp3) is 0.400. The second-order valence-electron chi connectivity index (χ2n) is 7.35. The van der Waals surface area contributed by atoms with E-state index >= 15 is 0 Å². The number of fused-ring (bicyclic) bond motifs is 1. The average Bonchev–Trinajstić information content (AvgIpc) is 3.20. The van der Waals surface area contributed by atoms with Crippen LogP contribution in [0, 0.1) is 5.82 Å². The van der Waals surface area contributed by atoms with Crippen LogP contribution in [0.25, 0.3) is 5.65 Å². The summed E-state index contributed by atoms with van der Waals surface area (Å²) in [4.78, 5) is 29.6. The first kappa shape index (κ1) is 19.1. The molecule has 4 heterocycles. The van der Waals surface area contributed by atoms with Crippen LogP contribution in [0.2, 0.25) is 0 Å². The van der Waals surface area contributed by atoms with Gasteiger partial charge in [-0.25, -0.2) is 13.9 Å². The highest BCUT2D eigenvalue weighted by Crippen LogP contribution is 2.22. The molecule has 8 nitrogen and oxygen atoms in total. The summed E-state index contributed by atoms with van der Waals surface area (Å²) in [6.07, 6.45) is 9.21. The van der Waals surface area contributed by atoms with E-state index in [1.165, 1.54) is 30.5 Å². The average molecular weight is 398 g/mol. The third-order valence-corrected chi connectivity index (χ3v) is 4.99. The SMILES string of the molecule is Cn1cc(F)ccc1=O.O=C(NC1CC1)c1cnn2ccc(N3CCCC3)nc12. The van der Waals surface area contributed by atoms with E-state index in [4.69, 9.17) is 0 Å². The monoisotopic (exact) mass is 398 g/mol. The van der Waals surface area contributed by atoms with Crippen LogP contribution < -0.4 is 15.8 Å². The summed E-state index contributed by atoms with van der Waals surface area (Å²) in [6.45, 7) is 2.09. The Bertz CT molecular complexity index is 1080. The summed E-state index contributed by atoms with van der Waals surface area (Å²) >= 11 is 0. The molecule has 1 aliphatic heterocycles. The summed E-state index contributed by atoms with van der Waals surface area (Å²) in [6, 6.07) is 4.64. The van der Waals surface area contributed by atoms with E-state index in [1.807, 2.05) is 12.3 Å². The van der Waals surface area contributed by atoms with E-state index in [2.05, 4.69) is 20.3 Å². The van der Waals surface area contributed by atoms with Gasteiger partial charge >= 0.3 is 0 Å². The molecule has 0 spiro atoms. The molecule has 0 unspecified atom stereocenters. The fourth-order valence-electron chi connectivity index (χ4n) is 3.19. The van der Waals surface area contributed by atoms with Gasteiger partial charge in [-0.3, -0.25) is 9.59 Å². The number of aryl methyl sites for hydroxylation is 1. The lowest BCUT2D eigenvalue weighted by Gasteiger charge is -2.16. The van der Waals surface area contributed by atoms with Crippen LogP contribution in [-0.2, 0) is 7.05 Å². The summed E-state index contributed by atoms with van der Waals surface area (Å²) in [5, 5.41) is 7.20. The molecule has 152 valence electrons. The van der Waals surface area contributed by atoms with Gasteiger partial charge < -0.3 is 14.8 Å². The number of amides is 1. The Kier molecular flexibility index (Phi) is 5.28. The van der Waals surface area contributed by atoms with Crippen molar-refractivity contribution in [1.29, 1.82) is 0 Å². The van der Waals surface area contributed by atoms with Gasteiger partial charge in [0, 0.05) is 44.6 Å². The first-order valence-electron chi connectivity index (χ1n) is 9.73. The van der Waals surface area contributed by atoms with Crippen molar-refractivity contribution in [3.8, 4) is 0 Å². The number of aromatic nitrogens is 4. The topological polar surface area (TPSA) is 84.5 Å². The standard InChI is InChI=1S/C14H17N5O.C6H6FNO/c20-14(16-10-3-4-10)11-9-15-19-8-5-12(17-13(11)19)18-6-1-2-7-18;1-8-4-5(7)2-3-6(8)9/h5,8-10H,1-4,6-7H2,(H,16,20);2-4H,1H3. The maximum Gasteiger partial charge on any atom is 0.256 e. The number of pyridine rings is 1. The minimum absolute atomic E-state index is 0.0615. The first-order chi connectivity index (χ1) is 14.0. The number of carbonyl (C=O) groups is 1. The van der Waals surface area contributed by atoms with E-state index in [0.29, 0.717) is 17.3 Å². The quantitative estimate of drug-likeness (QED) is 0.727. The molecule has 3 aromatic rings. The highest BCUT2D eigenvalue weighted by Gasteiger charge is 2.26. The Hall–Kier alpha value is -3.23. The third kappa shape index (κ3) is 4.44. The maximum absolute atomic E-state index is 12.2. The Morgan fingerprint density at radius 1 is 1.21 bits per heavy atom. The number of anilines is 1. The molecule has 1 N–H and O–H groups in total. The van der Waals surface area contributed by atoms with Crippen molar-refractivity contribution in [3.63, 3.8) is 0 Å². The lowest BCUT2D eigenvalue weighted by Crippen LogP contribution is -2.25. The zero-order valence-electron chi connectivity index (χ0n) is 16.2. The van der Waals surface area contributed by atoms with Crippen molar-refractivity contribution < 1.29 is 9.18 Å². The summed E-state index contributed by atoms with van der Waals surface area (Å²) in [5.74, 6) is 0.488. The van der Waals surface area contributed by atoms with E-state index in [9.17, 15) is 14.0 Å². The third-order valence-electron chi connectivity index (χ3n) is 4.99. The minimum atomic E-state index is -0.392. The molecule has 5 rings (SSSR count). The Morgan fingerprint density at radius 2 is 1.97 bits per heavy atom. The van der Waals surface area contributed by atoms with Crippen molar-refractivity contribution in [1.82, 2.24) is 24.5 Å². The highest BCUT2D eigenvalue weighted by atomic mass is 19.1. The van der Waals surface area contributed by atoms with Crippen molar-refractivity contribution in [2.24, 2.45) is 7.05 Å². The number of nitrogens with one attached hydrogen (secondary N) is 1. The van der Waals surface area contributed by atoms with Crippen LogP contribution >= 0.6 is 0 Å². The molecule has 1 amide bonds. The van der Waals surface area contributed by atoms with Gasteiger partial charge in [-0.15, -0.1) is 0 Å². The van der Waals surface area contributed by atoms with Crippen LogP contribution in [0.3, 0.4) is 0 Å². The number of hydrogen-bond acceptors (Lipinski definition) is 5. The van der Waals surface area contributed by atoms with E-state index in [-0.39, 0.29) is 11.5 Å². The molecule has 29 heavy (non-hydrogen) atoms. The van der Waals surface area contributed by atoms with Gasteiger partial charge in [-0.2, -0.15) is 5.10 Å². The lowest BCUT2D eigenvalue weighted by atomic mass is 10.3. The highest BCUT2D eigenvalue weighted by molar-refractivity contribution is 6.00. The molecule has 2 aliphatic rings. The van der Waals surface area contributed by atoms with Crippen molar-refractivity contribution in [3.05, 3.63) is 58.5 Å². The van der Waals surface area contributed by atoms with Gasteiger partial charge in [-0.05, 0) is 37.8 Å². The summed E-state index contributed by atoms with van der Waals surface area (Å²) in [5.41, 5.74) is 1.02. The molecule has 1 saturated heterocycles. The molecule has 3 aromatic heterocycles. The molecular weight excluding hydrogens is 375 g/mol. The van der Waals surface area contributed by atoms with Crippen LogP contribution in [-0.4, -0.2) is 44.2 Å². The molecule has 9 heteroatoms.